The van der Waals surface area contributed by atoms with Crippen LogP contribution in [-0.2, 0) is 4.74 Å². The van der Waals surface area contributed by atoms with Crippen molar-refractivity contribution in [2.24, 2.45) is 0 Å². The van der Waals surface area contributed by atoms with Gasteiger partial charge in [-0.05, 0) is 0 Å². The van der Waals surface area contributed by atoms with Crippen LogP contribution in [0.2, 0.25) is 0 Å². The third-order valence-corrected chi connectivity index (χ3v) is 2.94. The summed E-state index contributed by atoms with van der Waals surface area (Å²) < 4.78 is 20.7. The number of anilines is 1. The number of ether oxygens (including phenoxy) is 1. The molecule has 2 aromatic heterocycles. The van der Waals surface area contributed by atoms with Gasteiger partial charge < -0.3 is 15.6 Å². The van der Waals surface area contributed by atoms with Crippen molar-refractivity contribution in [1.82, 2.24) is 19.5 Å². The van der Waals surface area contributed by atoms with Crippen LogP contribution < -0.4 is 5.73 Å². The van der Waals surface area contributed by atoms with Gasteiger partial charge in [0.1, 0.15) is 11.7 Å². The molecule has 3 heterocycles. The lowest BCUT2D eigenvalue weighted by molar-refractivity contribution is -0.0351. The topological polar surface area (TPSA) is 99.1 Å². The lowest BCUT2D eigenvalue weighted by Gasteiger charge is -2.15. The first-order valence-electron chi connectivity index (χ1n) is 5.54. The SMILES string of the molecule is Nc1ncc2ncn([C@@H]3O[C@H](CO)C[C@H]3F)c2n1. The van der Waals surface area contributed by atoms with Crippen LogP contribution >= 0.6 is 0 Å². The second kappa shape index (κ2) is 4.14. The predicted molar refractivity (Wildman–Crippen MR) is 60.2 cm³/mol. The van der Waals surface area contributed by atoms with E-state index < -0.39 is 18.5 Å². The average Bonchev–Trinajstić information content (AvgIpc) is 2.92. The summed E-state index contributed by atoms with van der Waals surface area (Å²) in [6.07, 6.45) is 0.524. The molecule has 96 valence electrons. The molecule has 3 N–H and O–H groups in total. The number of nitrogens with zero attached hydrogens (tertiary/aromatic N) is 4. The highest BCUT2D eigenvalue weighted by Gasteiger charge is 2.37. The largest absolute Gasteiger partial charge is 0.394 e. The van der Waals surface area contributed by atoms with Crippen molar-refractivity contribution >= 4 is 17.1 Å². The van der Waals surface area contributed by atoms with Crippen LogP contribution in [0.4, 0.5) is 10.3 Å². The molecule has 1 fully saturated rings. The summed E-state index contributed by atoms with van der Waals surface area (Å²) in [5.74, 6) is 0.0939. The maximum Gasteiger partial charge on any atom is 0.222 e. The van der Waals surface area contributed by atoms with E-state index in [9.17, 15) is 4.39 Å². The third kappa shape index (κ3) is 1.70. The van der Waals surface area contributed by atoms with E-state index in [1.54, 1.807) is 0 Å². The predicted octanol–water partition coefficient (Wildman–Crippen LogP) is 0.0264. The number of fused-ring (bicyclic) bond motifs is 1. The van der Waals surface area contributed by atoms with Gasteiger partial charge in [-0.1, -0.05) is 0 Å². The number of alkyl halides is 1. The summed E-state index contributed by atoms with van der Waals surface area (Å²) >= 11 is 0. The number of nitrogen functional groups attached to an aromatic ring is 1. The summed E-state index contributed by atoms with van der Waals surface area (Å²) in [5.41, 5.74) is 6.45. The fourth-order valence-corrected chi connectivity index (χ4v) is 2.09. The number of imidazole rings is 1. The van der Waals surface area contributed by atoms with Crippen molar-refractivity contribution in [2.45, 2.75) is 24.9 Å². The quantitative estimate of drug-likeness (QED) is 0.783. The first-order chi connectivity index (χ1) is 8.69. The minimum atomic E-state index is -1.21. The van der Waals surface area contributed by atoms with Gasteiger partial charge in [0.2, 0.25) is 5.95 Å². The number of halogens is 1. The summed E-state index contributed by atoms with van der Waals surface area (Å²) in [6.45, 7) is -0.208. The molecule has 0 saturated carbocycles. The Kier molecular flexibility index (Phi) is 2.60. The van der Waals surface area contributed by atoms with E-state index in [0.717, 1.165) is 0 Å². The summed E-state index contributed by atoms with van der Waals surface area (Å²) in [6, 6.07) is 0. The number of hydrogen-bond acceptors (Lipinski definition) is 6. The third-order valence-electron chi connectivity index (χ3n) is 2.94. The summed E-state index contributed by atoms with van der Waals surface area (Å²) in [7, 11) is 0. The molecule has 1 aliphatic rings. The zero-order valence-electron chi connectivity index (χ0n) is 9.40. The molecule has 3 atom stereocenters. The van der Waals surface area contributed by atoms with E-state index in [4.69, 9.17) is 15.6 Å². The second-order valence-corrected chi connectivity index (χ2v) is 4.17. The Bertz CT molecular complexity index is 574. The lowest BCUT2D eigenvalue weighted by Crippen LogP contribution is -2.17. The highest BCUT2D eigenvalue weighted by molar-refractivity contribution is 5.70. The molecular formula is C10H12FN5O2. The number of aliphatic hydroxyl groups excluding tert-OH is 1. The Labute approximate surface area is 101 Å². The molecule has 0 spiro atoms. The van der Waals surface area contributed by atoms with Gasteiger partial charge in [0.15, 0.2) is 11.9 Å². The molecule has 0 radical (unpaired) electrons. The number of hydrogen-bond donors (Lipinski definition) is 2. The number of aromatic nitrogens is 4. The molecule has 1 saturated heterocycles. The van der Waals surface area contributed by atoms with Crippen LogP contribution in [0.3, 0.4) is 0 Å². The van der Waals surface area contributed by atoms with Gasteiger partial charge in [-0.15, -0.1) is 0 Å². The molecule has 7 nitrogen and oxygen atoms in total. The fourth-order valence-electron chi connectivity index (χ4n) is 2.09. The van der Waals surface area contributed by atoms with E-state index in [0.29, 0.717) is 11.2 Å². The van der Waals surface area contributed by atoms with Gasteiger partial charge in [-0.25, -0.2) is 14.4 Å². The van der Waals surface area contributed by atoms with Crippen LogP contribution in [-0.4, -0.2) is 43.5 Å². The summed E-state index contributed by atoms with van der Waals surface area (Å²) in [5, 5.41) is 8.99. The van der Waals surface area contributed by atoms with Gasteiger partial charge >= 0.3 is 0 Å². The smallest absolute Gasteiger partial charge is 0.222 e. The van der Waals surface area contributed by atoms with Crippen molar-refractivity contribution in [2.75, 3.05) is 12.3 Å². The van der Waals surface area contributed by atoms with Crippen molar-refractivity contribution in [3.05, 3.63) is 12.5 Å². The van der Waals surface area contributed by atoms with Crippen LogP contribution in [0.1, 0.15) is 12.6 Å². The minimum absolute atomic E-state index is 0.0939. The molecule has 18 heavy (non-hydrogen) atoms. The zero-order valence-corrected chi connectivity index (χ0v) is 9.40. The highest BCUT2D eigenvalue weighted by Crippen LogP contribution is 2.32. The van der Waals surface area contributed by atoms with E-state index >= 15 is 0 Å². The molecular weight excluding hydrogens is 241 g/mol. The molecule has 0 aliphatic carbocycles. The van der Waals surface area contributed by atoms with Gasteiger partial charge in [-0.2, -0.15) is 4.98 Å². The Morgan fingerprint density at radius 1 is 1.56 bits per heavy atom. The zero-order chi connectivity index (χ0) is 12.7. The van der Waals surface area contributed by atoms with E-state index in [2.05, 4.69) is 15.0 Å². The van der Waals surface area contributed by atoms with E-state index in [-0.39, 0.29) is 19.0 Å². The van der Waals surface area contributed by atoms with Crippen molar-refractivity contribution in [3.8, 4) is 0 Å². The van der Waals surface area contributed by atoms with Crippen LogP contribution in [0.15, 0.2) is 12.5 Å². The van der Waals surface area contributed by atoms with Crippen LogP contribution in [0, 0.1) is 0 Å². The van der Waals surface area contributed by atoms with E-state index in [1.165, 1.54) is 17.1 Å². The first-order valence-corrected chi connectivity index (χ1v) is 5.54. The molecule has 3 rings (SSSR count). The maximum absolute atomic E-state index is 13.9. The maximum atomic E-state index is 13.9. The molecule has 0 amide bonds. The number of nitrogens with two attached hydrogens (primary N) is 1. The Morgan fingerprint density at radius 3 is 3.11 bits per heavy atom. The lowest BCUT2D eigenvalue weighted by atomic mass is 10.2. The van der Waals surface area contributed by atoms with Gasteiger partial charge in [0, 0.05) is 6.42 Å². The average molecular weight is 253 g/mol. The minimum Gasteiger partial charge on any atom is -0.394 e. The normalized spacial score (nSPS) is 28.0. The Balaban J connectivity index is 2.01. The van der Waals surface area contributed by atoms with Crippen LogP contribution in [0.25, 0.3) is 11.2 Å². The molecule has 0 aromatic carbocycles. The van der Waals surface area contributed by atoms with Crippen molar-refractivity contribution in [1.29, 1.82) is 0 Å². The van der Waals surface area contributed by atoms with Gasteiger partial charge in [0.05, 0.1) is 25.2 Å². The summed E-state index contributed by atoms with van der Waals surface area (Å²) in [4.78, 5) is 11.9. The van der Waals surface area contributed by atoms with Gasteiger partial charge in [0.25, 0.3) is 0 Å². The number of aliphatic hydroxyl groups is 1. The first kappa shape index (κ1) is 11.3. The standard InChI is InChI=1S/C10H12FN5O2/c11-6-1-5(3-17)18-9(6)16-4-14-7-2-13-10(12)15-8(7)16/h2,4-6,9,17H,1,3H2,(H2,12,13,15)/t5-,6+,9+/m0/s1. The fraction of sp³-hybridized carbons (Fsp3) is 0.500. The second-order valence-electron chi connectivity index (χ2n) is 4.17. The highest BCUT2D eigenvalue weighted by atomic mass is 19.1. The molecule has 8 heteroatoms. The molecule has 2 aromatic rings. The molecule has 0 bridgehead atoms. The Morgan fingerprint density at radius 2 is 2.39 bits per heavy atom. The molecule has 0 unspecified atom stereocenters. The van der Waals surface area contributed by atoms with Crippen molar-refractivity contribution < 1.29 is 14.2 Å². The number of rotatable bonds is 2. The van der Waals surface area contributed by atoms with Gasteiger partial charge in [-0.3, -0.25) is 4.57 Å². The van der Waals surface area contributed by atoms with E-state index in [1.807, 2.05) is 0 Å². The monoisotopic (exact) mass is 253 g/mol. The Hall–Kier alpha value is -1.80. The van der Waals surface area contributed by atoms with Crippen LogP contribution in [0.5, 0.6) is 0 Å². The van der Waals surface area contributed by atoms with Crippen molar-refractivity contribution in [3.63, 3.8) is 0 Å². The molecule has 1 aliphatic heterocycles.